The van der Waals surface area contributed by atoms with E-state index in [1.54, 1.807) is 0 Å². The Kier molecular flexibility index (Phi) is 10.5. The average Bonchev–Trinajstić information content (AvgIpc) is 2.16. The number of hydrogen-bond donors (Lipinski definition) is 2. The monoisotopic (exact) mass is 409 g/mol. The van der Waals surface area contributed by atoms with Gasteiger partial charge in [-0.25, -0.2) is 0 Å². The molecule has 2 N–H and O–H groups in total. The molecule has 0 aliphatic rings. The Balaban J connectivity index is 0. The molecular formula is C8H13N2O5Os. The summed E-state index contributed by atoms with van der Waals surface area (Å²) in [4.78, 5) is 20.1. The Bertz CT molecular complexity index is 238. The van der Waals surface area contributed by atoms with Crippen molar-refractivity contribution in [3.63, 3.8) is 0 Å². The van der Waals surface area contributed by atoms with Gasteiger partial charge in [-0.1, -0.05) is 5.18 Å². The smallest absolute Gasteiger partial charge is 0.622 e. The van der Waals surface area contributed by atoms with E-state index in [2.05, 4.69) is 11.9 Å². The number of rotatable bonds is 8. The maximum Gasteiger partial charge on any atom is 1.00 e. The summed E-state index contributed by atoms with van der Waals surface area (Å²) in [7, 11) is 0. The van der Waals surface area contributed by atoms with Crippen LogP contribution in [0.4, 0.5) is 0 Å². The normalized spacial score (nSPS) is 15.4. The largest absolute Gasteiger partial charge is 1.00 e. The molecule has 0 amide bonds. The summed E-state index contributed by atoms with van der Waals surface area (Å²) in [5.74, 6) is 0. The van der Waals surface area contributed by atoms with Crippen LogP contribution in [0, 0.1) is 10.1 Å². The van der Waals surface area contributed by atoms with Crippen LogP contribution < -0.4 is 0 Å². The van der Waals surface area contributed by atoms with Gasteiger partial charge in [0.1, 0.15) is 6.72 Å². The maximum absolute atomic E-state index is 10.5. The van der Waals surface area contributed by atoms with Crippen molar-refractivity contribution in [2.75, 3.05) is 0 Å². The molecule has 0 aromatic carbocycles. The van der Waals surface area contributed by atoms with Crippen LogP contribution in [0.2, 0.25) is 0 Å². The Morgan fingerprint density at radius 1 is 1.44 bits per heavy atom. The second kappa shape index (κ2) is 9.52. The Morgan fingerprint density at radius 2 is 2.00 bits per heavy atom. The zero-order chi connectivity index (χ0) is 11.8. The Labute approximate surface area is 106 Å². The van der Waals surface area contributed by atoms with E-state index in [0.717, 1.165) is 0 Å². The molecule has 0 spiro atoms. The van der Waals surface area contributed by atoms with E-state index in [-0.39, 0.29) is 43.8 Å². The molecule has 7 nitrogen and oxygen atoms in total. The number of nitrogens with zero attached hydrogens (tertiary/aromatic N) is 2. The number of nitroso groups, excluding NO2 is 1. The van der Waals surface area contributed by atoms with Crippen LogP contribution in [0.15, 0.2) is 5.18 Å². The fraction of sp³-hybridized carbons (Fsp3) is 0.750. The fourth-order valence-corrected chi connectivity index (χ4v) is 1.03. The number of aliphatic hydroxyl groups is 2. The number of carbonyl (C=O) groups excluding carboxylic acids is 1. The molecule has 1 radical (unpaired) electrons. The minimum absolute atomic E-state index is 0. The third kappa shape index (κ3) is 7.57. The SMILES string of the molecule is C=[N+]([O-])C(O)CC(O)CC(C[C-]=O)N=O.[Os+]. The van der Waals surface area contributed by atoms with E-state index in [4.69, 9.17) is 5.11 Å². The molecular weight excluding hydrogens is 394 g/mol. The molecule has 93 valence electrons. The molecule has 0 saturated heterocycles. The molecule has 16 heavy (non-hydrogen) atoms. The molecule has 3 atom stereocenters. The predicted octanol–water partition coefficient (Wildman–Crippen LogP) is -0.711. The molecule has 3 unspecified atom stereocenters. The third-order valence-electron chi connectivity index (χ3n) is 1.83. The van der Waals surface area contributed by atoms with E-state index in [1.807, 2.05) is 0 Å². The Hall–Kier alpha value is -0.704. The molecule has 8 heteroatoms. The van der Waals surface area contributed by atoms with Gasteiger partial charge in [0.2, 0.25) is 0 Å². The van der Waals surface area contributed by atoms with Gasteiger partial charge in [-0.2, -0.15) is 9.65 Å². The summed E-state index contributed by atoms with van der Waals surface area (Å²) in [5, 5.41) is 31.4. The quantitative estimate of drug-likeness (QED) is 0.105. The van der Waals surface area contributed by atoms with E-state index >= 15 is 0 Å². The molecule has 0 heterocycles. The van der Waals surface area contributed by atoms with Gasteiger partial charge in [0, 0.05) is 0 Å². The van der Waals surface area contributed by atoms with Crippen molar-refractivity contribution < 1.29 is 39.5 Å². The number of aliphatic hydroxyl groups excluding tert-OH is 2. The van der Waals surface area contributed by atoms with E-state index in [9.17, 15) is 20.0 Å². The summed E-state index contributed by atoms with van der Waals surface area (Å²) in [6.45, 7) is 2.90. The second-order valence-corrected chi connectivity index (χ2v) is 3.13. The van der Waals surface area contributed by atoms with Crippen LogP contribution >= 0.6 is 0 Å². The summed E-state index contributed by atoms with van der Waals surface area (Å²) in [5.41, 5.74) is 0. The van der Waals surface area contributed by atoms with Crippen molar-refractivity contribution >= 4 is 13.0 Å². The van der Waals surface area contributed by atoms with Crippen molar-refractivity contribution in [1.29, 1.82) is 0 Å². The van der Waals surface area contributed by atoms with Crippen molar-refractivity contribution in [3.8, 4) is 0 Å². The fourth-order valence-electron chi connectivity index (χ4n) is 1.03. The molecule has 0 saturated carbocycles. The van der Waals surface area contributed by atoms with Crippen molar-refractivity contribution in [2.45, 2.75) is 37.6 Å². The number of hydroxylamine groups is 1. The van der Waals surface area contributed by atoms with E-state index < -0.39 is 18.4 Å². The van der Waals surface area contributed by atoms with Gasteiger partial charge in [-0.15, -0.1) is 6.42 Å². The third-order valence-corrected chi connectivity index (χ3v) is 1.83. The first-order chi connectivity index (χ1) is 7.01. The predicted molar refractivity (Wildman–Crippen MR) is 51.9 cm³/mol. The first-order valence-corrected chi connectivity index (χ1v) is 4.31. The molecule has 0 aliphatic carbocycles. The maximum atomic E-state index is 10.5. The van der Waals surface area contributed by atoms with Crippen LogP contribution in [-0.4, -0.2) is 46.3 Å². The van der Waals surface area contributed by atoms with Crippen LogP contribution in [0.5, 0.6) is 0 Å². The summed E-state index contributed by atoms with van der Waals surface area (Å²) >= 11 is 0. The topological polar surface area (TPSA) is 113 Å². The van der Waals surface area contributed by atoms with Crippen LogP contribution in [-0.2, 0) is 24.6 Å². The zero-order valence-corrected chi connectivity index (χ0v) is 11.0. The van der Waals surface area contributed by atoms with Gasteiger partial charge < -0.3 is 20.2 Å². The molecule has 0 rings (SSSR count). The van der Waals surface area contributed by atoms with Crippen molar-refractivity contribution in [1.82, 2.24) is 0 Å². The van der Waals surface area contributed by atoms with Crippen LogP contribution in [0.1, 0.15) is 19.3 Å². The number of hydrogen-bond acceptors (Lipinski definition) is 6. The van der Waals surface area contributed by atoms with Crippen molar-refractivity contribution in [3.05, 3.63) is 10.1 Å². The molecule has 0 fully saturated rings. The van der Waals surface area contributed by atoms with Crippen LogP contribution in [0.25, 0.3) is 0 Å². The average molecular weight is 407 g/mol. The van der Waals surface area contributed by atoms with Crippen LogP contribution in [0.3, 0.4) is 0 Å². The molecule has 0 aromatic heterocycles. The first kappa shape index (κ1) is 17.7. The van der Waals surface area contributed by atoms with E-state index in [1.165, 1.54) is 6.29 Å². The summed E-state index contributed by atoms with van der Waals surface area (Å²) < 4.78 is 0.0401. The summed E-state index contributed by atoms with van der Waals surface area (Å²) in [6, 6.07) is -0.880. The molecule has 0 aliphatic heterocycles. The minimum atomic E-state index is -1.44. The van der Waals surface area contributed by atoms with Gasteiger partial charge in [0.05, 0.1) is 18.6 Å². The van der Waals surface area contributed by atoms with Gasteiger partial charge >= 0.3 is 19.8 Å². The summed E-state index contributed by atoms with van der Waals surface area (Å²) in [6.07, 6.45) is -1.58. The molecule has 0 aromatic rings. The van der Waals surface area contributed by atoms with Gasteiger partial charge in [0.15, 0.2) is 0 Å². The van der Waals surface area contributed by atoms with Gasteiger partial charge in [-0.3, -0.25) is 6.29 Å². The zero-order valence-electron chi connectivity index (χ0n) is 8.43. The van der Waals surface area contributed by atoms with Gasteiger partial charge in [-0.05, 0) is 6.42 Å². The van der Waals surface area contributed by atoms with Gasteiger partial charge in [0.25, 0.3) is 6.23 Å². The Morgan fingerprint density at radius 3 is 2.38 bits per heavy atom. The van der Waals surface area contributed by atoms with Crippen molar-refractivity contribution in [2.24, 2.45) is 5.18 Å². The minimum Gasteiger partial charge on any atom is -0.622 e. The first-order valence-electron chi connectivity index (χ1n) is 4.31. The second-order valence-electron chi connectivity index (χ2n) is 3.13. The standard InChI is InChI=1S/C8H13N2O5.Os/c1-10(15)8(13)5-7(12)4-6(9-14)2-3-11;/h6-8,12-13H,1-2,4-5H2;/q-1;+1. The van der Waals surface area contributed by atoms with E-state index in [0.29, 0.717) is 0 Å². The molecule has 0 bridgehead atoms.